The van der Waals surface area contributed by atoms with Crippen LogP contribution in [-0.2, 0) is 9.53 Å². The lowest BCUT2D eigenvalue weighted by Gasteiger charge is -2.34. The minimum absolute atomic E-state index is 0.00359. The Labute approximate surface area is 159 Å². The second-order valence-electron chi connectivity index (χ2n) is 6.51. The van der Waals surface area contributed by atoms with Crippen molar-refractivity contribution in [3.05, 3.63) is 66.0 Å². The molecule has 0 spiro atoms. The van der Waals surface area contributed by atoms with Crippen LogP contribution in [0.15, 0.2) is 54.7 Å². The van der Waals surface area contributed by atoms with Crippen molar-refractivity contribution in [1.29, 1.82) is 0 Å². The van der Waals surface area contributed by atoms with Crippen LogP contribution in [0.25, 0.3) is 0 Å². The van der Waals surface area contributed by atoms with Crippen molar-refractivity contribution in [1.82, 2.24) is 15.2 Å². The smallest absolute Gasteiger partial charge is 0.220 e. The third-order valence-electron chi connectivity index (χ3n) is 4.68. The lowest BCUT2D eigenvalue weighted by Crippen LogP contribution is -2.44. The number of ketones is 1. The fourth-order valence-electron chi connectivity index (χ4n) is 3.18. The first-order valence-corrected chi connectivity index (χ1v) is 9.32. The highest BCUT2D eigenvalue weighted by atomic mass is 16.5. The number of amides is 1. The predicted molar refractivity (Wildman–Crippen MR) is 102 cm³/mol. The van der Waals surface area contributed by atoms with Gasteiger partial charge in [-0.3, -0.25) is 19.5 Å². The SMILES string of the molecule is O=C(CCC(=O)c1ccccc1)NCC(c1ccccn1)N1CCOCC1. The lowest BCUT2D eigenvalue weighted by atomic mass is 10.1. The molecule has 1 amide bonds. The second kappa shape index (κ2) is 9.94. The Morgan fingerprint density at radius 3 is 2.48 bits per heavy atom. The Hall–Kier alpha value is -2.57. The molecule has 2 aromatic rings. The molecular formula is C21H25N3O3. The maximum Gasteiger partial charge on any atom is 0.220 e. The van der Waals surface area contributed by atoms with Gasteiger partial charge < -0.3 is 10.1 Å². The fraction of sp³-hybridized carbons (Fsp3) is 0.381. The van der Waals surface area contributed by atoms with E-state index >= 15 is 0 Å². The molecule has 1 aromatic carbocycles. The third-order valence-corrected chi connectivity index (χ3v) is 4.68. The van der Waals surface area contributed by atoms with Gasteiger partial charge in [0.1, 0.15) is 0 Å². The summed E-state index contributed by atoms with van der Waals surface area (Å²) < 4.78 is 5.43. The van der Waals surface area contributed by atoms with Crippen molar-refractivity contribution >= 4 is 11.7 Å². The fourth-order valence-corrected chi connectivity index (χ4v) is 3.18. The molecule has 0 saturated carbocycles. The van der Waals surface area contributed by atoms with Crippen molar-refractivity contribution in [2.24, 2.45) is 0 Å². The van der Waals surface area contributed by atoms with Crippen LogP contribution in [0.1, 0.15) is 34.9 Å². The Bertz CT molecular complexity index is 731. The number of Topliss-reactive ketones (excluding diaryl/α,β-unsaturated/α-hetero) is 1. The van der Waals surface area contributed by atoms with Gasteiger partial charge in [-0.15, -0.1) is 0 Å². The number of nitrogens with zero attached hydrogens (tertiary/aromatic N) is 2. The van der Waals surface area contributed by atoms with Crippen molar-refractivity contribution in [3.8, 4) is 0 Å². The highest BCUT2D eigenvalue weighted by molar-refractivity contribution is 5.97. The highest BCUT2D eigenvalue weighted by Gasteiger charge is 2.24. The van der Waals surface area contributed by atoms with Crippen molar-refractivity contribution in [3.63, 3.8) is 0 Å². The van der Waals surface area contributed by atoms with Crippen LogP contribution in [0.4, 0.5) is 0 Å². The van der Waals surface area contributed by atoms with Crippen LogP contribution in [0.5, 0.6) is 0 Å². The summed E-state index contributed by atoms with van der Waals surface area (Å²) in [5, 5.41) is 2.97. The van der Waals surface area contributed by atoms with Crippen LogP contribution < -0.4 is 5.32 Å². The molecule has 0 aliphatic carbocycles. The molecule has 6 heteroatoms. The van der Waals surface area contributed by atoms with Crippen molar-refractivity contribution in [2.45, 2.75) is 18.9 Å². The monoisotopic (exact) mass is 367 g/mol. The van der Waals surface area contributed by atoms with Crippen LogP contribution >= 0.6 is 0 Å². The molecule has 1 aromatic heterocycles. The lowest BCUT2D eigenvalue weighted by molar-refractivity contribution is -0.121. The van der Waals surface area contributed by atoms with E-state index in [1.54, 1.807) is 18.3 Å². The first-order valence-electron chi connectivity index (χ1n) is 9.32. The molecule has 1 aliphatic heterocycles. The highest BCUT2D eigenvalue weighted by Crippen LogP contribution is 2.19. The maximum absolute atomic E-state index is 12.3. The Morgan fingerprint density at radius 1 is 1.04 bits per heavy atom. The summed E-state index contributed by atoms with van der Waals surface area (Å²) in [6.45, 7) is 3.45. The van der Waals surface area contributed by atoms with E-state index in [4.69, 9.17) is 4.74 Å². The molecular weight excluding hydrogens is 342 g/mol. The molecule has 1 aliphatic rings. The van der Waals surface area contributed by atoms with Gasteiger partial charge in [-0.1, -0.05) is 36.4 Å². The summed E-state index contributed by atoms with van der Waals surface area (Å²) in [4.78, 5) is 31.2. The van der Waals surface area contributed by atoms with E-state index in [2.05, 4.69) is 15.2 Å². The van der Waals surface area contributed by atoms with Gasteiger partial charge in [0.2, 0.25) is 5.91 Å². The predicted octanol–water partition coefficient (Wildman–Crippen LogP) is 2.23. The number of hydrogen-bond donors (Lipinski definition) is 1. The number of benzene rings is 1. The summed E-state index contributed by atoms with van der Waals surface area (Å²) in [7, 11) is 0. The molecule has 0 bridgehead atoms. The van der Waals surface area contributed by atoms with Gasteiger partial charge in [0.05, 0.1) is 24.9 Å². The molecule has 1 unspecified atom stereocenters. The van der Waals surface area contributed by atoms with Crippen LogP contribution in [0.2, 0.25) is 0 Å². The summed E-state index contributed by atoms with van der Waals surface area (Å²) in [6, 6.07) is 14.9. The summed E-state index contributed by atoms with van der Waals surface area (Å²) in [5.41, 5.74) is 1.57. The quantitative estimate of drug-likeness (QED) is 0.725. The van der Waals surface area contributed by atoms with E-state index < -0.39 is 0 Å². The zero-order chi connectivity index (χ0) is 18.9. The van der Waals surface area contributed by atoms with Gasteiger partial charge in [-0.05, 0) is 12.1 Å². The molecule has 1 saturated heterocycles. The number of carbonyl (C=O) groups excluding carboxylic acids is 2. The molecule has 142 valence electrons. The minimum atomic E-state index is -0.117. The number of aromatic nitrogens is 1. The first-order chi connectivity index (χ1) is 13.2. The van der Waals surface area contributed by atoms with E-state index in [1.807, 2.05) is 36.4 Å². The minimum Gasteiger partial charge on any atom is -0.379 e. The van der Waals surface area contributed by atoms with Crippen LogP contribution in [0, 0.1) is 0 Å². The number of pyridine rings is 1. The van der Waals surface area contributed by atoms with Gasteiger partial charge in [0.15, 0.2) is 5.78 Å². The average Bonchev–Trinajstić information content (AvgIpc) is 2.74. The Balaban J connectivity index is 1.53. The van der Waals surface area contributed by atoms with E-state index in [0.717, 1.165) is 18.8 Å². The summed E-state index contributed by atoms with van der Waals surface area (Å²) in [5.74, 6) is -0.131. The van der Waals surface area contributed by atoms with E-state index in [-0.39, 0.29) is 30.6 Å². The van der Waals surface area contributed by atoms with Crippen molar-refractivity contribution < 1.29 is 14.3 Å². The first kappa shape index (κ1) is 19.2. The summed E-state index contributed by atoms with van der Waals surface area (Å²) in [6.07, 6.45) is 2.16. The Morgan fingerprint density at radius 2 is 1.78 bits per heavy atom. The number of hydrogen-bond acceptors (Lipinski definition) is 5. The van der Waals surface area contributed by atoms with Gasteiger partial charge in [0.25, 0.3) is 0 Å². The number of ether oxygens (including phenoxy) is 1. The topological polar surface area (TPSA) is 71.5 Å². The van der Waals surface area contributed by atoms with E-state index in [9.17, 15) is 9.59 Å². The molecule has 3 rings (SSSR count). The van der Waals surface area contributed by atoms with Gasteiger partial charge in [-0.25, -0.2) is 0 Å². The van der Waals surface area contributed by atoms with Gasteiger partial charge in [-0.2, -0.15) is 0 Å². The van der Waals surface area contributed by atoms with Gasteiger partial charge >= 0.3 is 0 Å². The molecule has 1 atom stereocenters. The number of rotatable bonds is 8. The summed E-state index contributed by atoms with van der Waals surface area (Å²) >= 11 is 0. The largest absolute Gasteiger partial charge is 0.379 e. The zero-order valence-electron chi connectivity index (χ0n) is 15.3. The molecule has 2 heterocycles. The second-order valence-corrected chi connectivity index (χ2v) is 6.51. The maximum atomic E-state index is 12.3. The van der Waals surface area contributed by atoms with Crippen LogP contribution in [-0.4, -0.2) is 54.4 Å². The molecule has 27 heavy (non-hydrogen) atoms. The standard InChI is InChI=1S/C21H25N3O3/c25-20(17-6-2-1-3-7-17)9-10-21(26)23-16-19(18-8-4-5-11-22-18)24-12-14-27-15-13-24/h1-8,11,19H,9-10,12-16H2,(H,23,26). The van der Waals surface area contributed by atoms with E-state index in [1.165, 1.54) is 0 Å². The number of morpholine rings is 1. The zero-order valence-corrected chi connectivity index (χ0v) is 15.3. The number of carbonyl (C=O) groups is 2. The number of nitrogens with one attached hydrogen (secondary N) is 1. The normalized spacial score (nSPS) is 15.9. The van der Waals surface area contributed by atoms with Gasteiger partial charge in [0, 0.05) is 44.2 Å². The molecule has 6 nitrogen and oxygen atoms in total. The molecule has 1 N–H and O–H groups in total. The molecule has 1 fully saturated rings. The molecule has 0 radical (unpaired) electrons. The van der Waals surface area contributed by atoms with Crippen molar-refractivity contribution in [2.75, 3.05) is 32.8 Å². The van der Waals surface area contributed by atoms with E-state index in [0.29, 0.717) is 25.3 Å². The average molecular weight is 367 g/mol. The third kappa shape index (κ3) is 5.70. The Kier molecular flexibility index (Phi) is 7.07. The van der Waals surface area contributed by atoms with Crippen LogP contribution in [0.3, 0.4) is 0 Å².